The predicted octanol–water partition coefficient (Wildman–Crippen LogP) is 0.946. The summed E-state index contributed by atoms with van der Waals surface area (Å²) >= 11 is 0. The van der Waals surface area contributed by atoms with Crippen molar-refractivity contribution < 1.29 is 4.74 Å². The van der Waals surface area contributed by atoms with Crippen molar-refractivity contribution in [1.29, 1.82) is 0 Å². The number of aliphatic imine (C=N–C) groups is 1. The number of nitrogens with zero attached hydrogens (tertiary/aromatic N) is 1. The van der Waals surface area contributed by atoms with Gasteiger partial charge in [0.25, 0.3) is 0 Å². The maximum atomic E-state index is 5.20. The van der Waals surface area contributed by atoms with Gasteiger partial charge in [-0.2, -0.15) is 0 Å². The molecule has 68 valence electrons. The zero-order valence-electron chi connectivity index (χ0n) is 7.55. The van der Waals surface area contributed by atoms with Gasteiger partial charge in [0.2, 0.25) is 0 Å². The Morgan fingerprint density at radius 1 is 1.50 bits per heavy atom. The van der Waals surface area contributed by atoms with Crippen LogP contribution in [0.25, 0.3) is 0 Å². The number of ether oxygens (including phenoxy) is 1. The van der Waals surface area contributed by atoms with Crippen molar-refractivity contribution >= 4 is 5.84 Å². The highest BCUT2D eigenvalue weighted by atomic mass is 16.5. The Labute approximate surface area is 73.2 Å². The van der Waals surface area contributed by atoms with Crippen LogP contribution in [0.1, 0.15) is 25.7 Å². The lowest BCUT2D eigenvalue weighted by Gasteiger charge is -2.35. The summed E-state index contributed by atoms with van der Waals surface area (Å²) in [6, 6.07) is 0.631. The van der Waals surface area contributed by atoms with Gasteiger partial charge in [0, 0.05) is 26.1 Å². The third-order valence-electron chi connectivity index (χ3n) is 2.67. The predicted molar refractivity (Wildman–Crippen MR) is 48.5 cm³/mol. The van der Waals surface area contributed by atoms with Crippen LogP contribution in [0.5, 0.6) is 0 Å². The highest BCUT2D eigenvalue weighted by molar-refractivity contribution is 5.83. The first-order valence-electron chi connectivity index (χ1n) is 4.71. The van der Waals surface area contributed by atoms with Gasteiger partial charge in [0.1, 0.15) is 0 Å². The van der Waals surface area contributed by atoms with Gasteiger partial charge in [-0.05, 0) is 19.3 Å². The minimum absolute atomic E-state index is 0.490. The molecule has 0 saturated heterocycles. The average Bonchev–Trinajstić information content (AvgIpc) is 2.47. The molecular weight excluding hydrogens is 152 g/mol. The monoisotopic (exact) mass is 168 g/mol. The van der Waals surface area contributed by atoms with E-state index < -0.39 is 0 Å². The van der Waals surface area contributed by atoms with Gasteiger partial charge in [-0.25, -0.2) is 0 Å². The summed E-state index contributed by atoms with van der Waals surface area (Å²) in [5.74, 6) is 1.22. The number of amidine groups is 1. The summed E-state index contributed by atoms with van der Waals surface area (Å²) in [4.78, 5) is 4.37. The second kappa shape index (κ2) is 3.44. The molecule has 0 spiro atoms. The summed E-state index contributed by atoms with van der Waals surface area (Å²) in [6.45, 7) is 1.02. The molecule has 2 rings (SSSR count). The van der Waals surface area contributed by atoms with Crippen LogP contribution in [-0.4, -0.2) is 31.6 Å². The summed E-state index contributed by atoms with van der Waals surface area (Å²) in [5, 5.41) is 3.45. The molecule has 3 nitrogen and oxygen atoms in total. The van der Waals surface area contributed by atoms with E-state index in [-0.39, 0.29) is 0 Å². The highest BCUT2D eigenvalue weighted by Gasteiger charge is 2.29. The van der Waals surface area contributed by atoms with Crippen molar-refractivity contribution in [1.82, 2.24) is 5.32 Å². The van der Waals surface area contributed by atoms with Crippen LogP contribution >= 0.6 is 0 Å². The Kier molecular flexibility index (Phi) is 2.30. The molecule has 1 heterocycles. The van der Waals surface area contributed by atoms with Crippen molar-refractivity contribution in [2.45, 2.75) is 37.8 Å². The van der Waals surface area contributed by atoms with Gasteiger partial charge >= 0.3 is 0 Å². The van der Waals surface area contributed by atoms with E-state index in [9.17, 15) is 0 Å². The van der Waals surface area contributed by atoms with Crippen molar-refractivity contribution in [3.8, 4) is 0 Å². The lowest BCUT2D eigenvalue weighted by atomic mass is 9.89. The topological polar surface area (TPSA) is 33.6 Å². The van der Waals surface area contributed by atoms with Crippen LogP contribution in [-0.2, 0) is 4.74 Å². The minimum Gasteiger partial charge on any atom is -0.381 e. The van der Waals surface area contributed by atoms with Crippen LogP contribution in [0, 0.1) is 0 Å². The van der Waals surface area contributed by atoms with E-state index in [0.29, 0.717) is 12.1 Å². The first-order chi connectivity index (χ1) is 5.88. The van der Waals surface area contributed by atoms with Crippen LogP contribution < -0.4 is 5.32 Å². The highest BCUT2D eigenvalue weighted by Crippen LogP contribution is 2.23. The third-order valence-corrected chi connectivity index (χ3v) is 2.67. The molecule has 1 saturated carbocycles. The molecule has 3 heteroatoms. The Morgan fingerprint density at radius 3 is 2.92 bits per heavy atom. The molecule has 0 bridgehead atoms. The standard InChI is InChI=1S/C9H16N2O/c1-12-8-5-7(6-8)11-9-3-2-4-10-9/h7-8H,2-6H2,1H3,(H,10,11). The molecule has 1 fully saturated rings. The second-order valence-corrected chi connectivity index (χ2v) is 3.60. The second-order valence-electron chi connectivity index (χ2n) is 3.60. The largest absolute Gasteiger partial charge is 0.381 e. The molecule has 0 radical (unpaired) electrons. The van der Waals surface area contributed by atoms with Crippen molar-refractivity contribution in [3.63, 3.8) is 0 Å². The number of hydrogen-bond donors (Lipinski definition) is 1. The van der Waals surface area contributed by atoms with E-state index in [1.165, 1.54) is 12.3 Å². The van der Waals surface area contributed by atoms with Gasteiger partial charge in [-0.15, -0.1) is 0 Å². The molecule has 0 aromatic carbocycles. The average molecular weight is 168 g/mol. The number of hydrogen-bond acceptors (Lipinski definition) is 3. The number of methoxy groups -OCH3 is 1. The third kappa shape index (κ3) is 1.61. The van der Waals surface area contributed by atoms with E-state index >= 15 is 0 Å². The van der Waals surface area contributed by atoms with Crippen molar-refractivity contribution in [2.24, 2.45) is 4.99 Å². The first-order valence-corrected chi connectivity index (χ1v) is 4.71. The molecular formula is C9H16N2O. The lowest BCUT2D eigenvalue weighted by molar-refractivity contribution is 0.0225. The molecule has 0 atom stereocenters. The van der Waals surface area contributed by atoms with Crippen LogP contribution in [0.2, 0.25) is 0 Å². The number of rotatable bonds is 2. The Bertz CT molecular complexity index is 185. The van der Waals surface area contributed by atoms with Crippen LogP contribution in [0.15, 0.2) is 4.99 Å². The fourth-order valence-electron chi connectivity index (χ4n) is 1.77. The molecule has 1 aliphatic carbocycles. The molecule has 2 aliphatic rings. The maximum absolute atomic E-state index is 5.20. The first kappa shape index (κ1) is 8.05. The van der Waals surface area contributed by atoms with Gasteiger partial charge in [0.15, 0.2) is 0 Å². The summed E-state index contributed by atoms with van der Waals surface area (Å²) < 4.78 is 5.20. The fourth-order valence-corrected chi connectivity index (χ4v) is 1.77. The van der Waals surface area contributed by atoms with E-state index in [4.69, 9.17) is 4.74 Å². The molecule has 1 N–H and O–H groups in total. The van der Waals surface area contributed by atoms with Crippen molar-refractivity contribution in [3.05, 3.63) is 0 Å². The minimum atomic E-state index is 0.490. The Balaban J connectivity index is 1.69. The van der Waals surface area contributed by atoms with Crippen LogP contribution in [0.4, 0.5) is 0 Å². The van der Waals surface area contributed by atoms with Gasteiger partial charge < -0.3 is 10.1 Å². The Morgan fingerprint density at radius 2 is 2.33 bits per heavy atom. The van der Waals surface area contributed by atoms with E-state index in [0.717, 1.165) is 25.8 Å². The maximum Gasteiger partial charge on any atom is 0.0965 e. The summed E-state index contributed by atoms with van der Waals surface area (Å²) in [7, 11) is 1.79. The van der Waals surface area contributed by atoms with E-state index in [1.54, 1.807) is 7.11 Å². The molecule has 0 aromatic heterocycles. The molecule has 0 aromatic rings. The fraction of sp³-hybridized carbons (Fsp3) is 0.889. The van der Waals surface area contributed by atoms with Crippen LogP contribution in [0.3, 0.4) is 0 Å². The smallest absolute Gasteiger partial charge is 0.0965 e. The zero-order valence-corrected chi connectivity index (χ0v) is 7.55. The van der Waals surface area contributed by atoms with E-state index in [2.05, 4.69) is 10.3 Å². The van der Waals surface area contributed by atoms with E-state index in [1.807, 2.05) is 0 Å². The molecule has 0 unspecified atom stereocenters. The Hall–Kier alpha value is -0.570. The summed E-state index contributed by atoms with van der Waals surface area (Å²) in [5.41, 5.74) is 0. The van der Waals surface area contributed by atoms with Crippen molar-refractivity contribution in [2.75, 3.05) is 13.7 Å². The molecule has 12 heavy (non-hydrogen) atoms. The molecule has 1 aliphatic heterocycles. The number of nitrogens with one attached hydrogen (secondary N) is 1. The normalized spacial score (nSPS) is 34.2. The van der Waals surface area contributed by atoms with Gasteiger partial charge in [-0.3, -0.25) is 4.99 Å². The summed E-state index contributed by atoms with van der Waals surface area (Å²) in [6.07, 6.45) is 5.16. The lowest BCUT2D eigenvalue weighted by Crippen LogP contribution is -2.47. The van der Waals surface area contributed by atoms with Gasteiger partial charge in [-0.1, -0.05) is 0 Å². The zero-order chi connectivity index (χ0) is 8.39. The molecule has 0 amide bonds. The SMILES string of the molecule is COC1CC(NC2=NCCC2)C1. The van der Waals surface area contributed by atoms with Gasteiger partial charge in [0.05, 0.1) is 11.9 Å². The quantitative estimate of drug-likeness (QED) is 0.666.